The molecule has 0 aromatic carbocycles. The Bertz CT molecular complexity index is 192. The highest BCUT2D eigenvalue weighted by atomic mass is 15.6. The molecule has 0 aliphatic heterocycles. The second kappa shape index (κ2) is 3.93. The first-order chi connectivity index (χ1) is 5.29. The van der Waals surface area contributed by atoms with Crippen molar-refractivity contribution in [1.29, 1.82) is 0 Å². The quantitative estimate of drug-likeness (QED) is 0.362. The molecule has 0 fully saturated rings. The van der Waals surface area contributed by atoms with Crippen LogP contribution in [0.4, 0.5) is 0 Å². The summed E-state index contributed by atoms with van der Waals surface area (Å²) in [5.74, 6) is 5.71. The normalized spacial score (nSPS) is 22.9. The third kappa shape index (κ3) is 3.00. The van der Waals surface area contributed by atoms with E-state index in [1.807, 2.05) is 18.4 Å². The summed E-state index contributed by atoms with van der Waals surface area (Å²) >= 11 is 0. The van der Waals surface area contributed by atoms with E-state index in [9.17, 15) is 0 Å². The van der Waals surface area contributed by atoms with Gasteiger partial charge in [0.2, 0.25) is 0 Å². The first-order valence-corrected chi connectivity index (χ1v) is 3.65. The second-order valence-electron chi connectivity index (χ2n) is 2.55. The highest BCUT2D eigenvalue weighted by molar-refractivity contribution is 5.63. The maximum atomic E-state index is 5.30. The molecule has 0 spiro atoms. The molecule has 3 nitrogen and oxygen atoms in total. The third-order valence-corrected chi connectivity index (χ3v) is 1.45. The predicted octanol–water partition coefficient (Wildman–Crippen LogP) is 0.910. The van der Waals surface area contributed by atoms with Gasteiger partial charge in [-0.05, 0) is 6.42 Å². The zero-order chi connectivity index (χ0) is 8.10. The van der Waals surface area contributed by atoms with E-state index in [2.05, 4.69) is 17.3 Å². The van der Waals surface area contributed by atoms with Gasteiger partial charge in [0.15, 0.2) is 0 Å². The van der Waals surface area contributed by atoms with Crippen molar-refractivity contribution in [3.05, 3.63) is 24.3 Å². The molecule has 60 valence electrons. The van der Waals surface area contributed by atoms with Gasteiger partial charge in [-0.3, -0.25) is 0 Å². The average Bonchev–Trinajstić information content (AvgIpc) is 2.03. The third-order valence-electron chi connectivity index (χ3n) is 1.45. The molecule has 0 aromatic heterocycles. The monoisotopic (exact) mass is 151 g/mol. The van der Waals surface area contributed by atoms with E-state index >= 15 is 0 Å². The molecule has 2 N–H and O–H groups in total. The van der Waals surface area contributed by atoms with Crippen LogP contribution in [-0.2, 0) is 0 Å². The van der Waals surface area contributed by atoms with Crippen molar-refractivity contribution in [3.8, 4) is 0 Å². The Labute approximate surface area is 66.8 Å². The first kappa shape index (κ1) is 8.01. The molecular weight excluding hydrogens is 138 g/mol. The van der Waals surface area contributed by atoms with E-state index in [4.69, 9.17) is 5.84 Å². The Morgan fingerprint density at radius 3 is 3.00 bits per heavy atom. The lowest BCUT2D eigenvalue weighted by molar-refractivity contribution is 0.372. The Balaban J connectivity index is 2.38. The van der Waals surface area contributed by atoms with Crippen LogP contribution >= 0.6 is 0 Å². The molecule has 0 saturated carbocycles. The van der Waals surface area contributed by atoms with Crippen LogP contribution < -0.4 is 5.84 Å². The summed E-state index contributed by atoms with van der Waals surface area (Å²) in [7, 11) is 1.71. The second-order valence-corrected chi connectivity index (χ2v) is 2.55. The molecule has 1 atom stereocenters. The lowest BCUT2D eigenvalue weighted by Crippen LogP contribution is -2.19. The molecule has 1 aliphatic carbocycles. The molecule has 1 rings (SSSR count). The van der Waals surface area contributed by atoms with Gasteiger partial charge in [0.05, 0.1) is 0 Å². The number of rotatable bonds is 2. The molecule has 3 heteroatoms. The number of nitrogens with zero attached hydrogens (tertiary/aromatic N) is 2. The van der Waals surface area contributed by atoms with Gasteiger partial charge in [0, 0.05) is 19.2 Å². The minimum atomic E-state index is 0.408. The van der Waals surface area contributed by atoms with Crippen molar-refractivity contribution in [3.63, 3.8) is 0 Å². The Hall–Kier alpha value is -1.09. The molecule has 11 heavy (non-hydrogen) atoms. The van der Waals surface area contributed by atoms with Crippen LogP contribution in [-0.4, -0.2) is 18.4 Å². The van der Waals surface area contributed by atoms with Crippen molar-refractivity contribution in [2.75, 3.05) is 7.05 Å². The van der Waals surface area contributed by atoms with Gasteiger partial charge >= 0.3 is 0 Å². The lowest BCUT2D eigenvalue weighted by atomic mass is 10.0. The van der Waals surface area contributed by atoms with Crippen LogP contribution in [0.15, 0.2) is 29.4 Å². The highest BCUT2D eigenvalue weighted by Gasteiger charge is 2.00. The summed E-state index contributed by atoms with van der Waals surface area (Å²) in [6, 6.07) is 0. The minimum absolute atomic E-state index is 0.408. The Morgan fingerprint density at radius 1 is 1.64 bits per heavy atom. The zero-order valence-corrected chi connectivity index (χ0v) is 6.64. The van der Waals surface area contributed by atoms with Crippen LogP contribution in [0.3, 0.4) is 0 Å². The molecule has 0 saturated heterocycles. The smallest absolute Gasteiger partial charge is 0.0419 e. The topological polar surface area (TPSA) is 41.6 Å². The predicted molar refractivity (Wildman–Crippen MR) is 46.8 cm³/mol. The zero-order valence-electron chi connectivity index (χ0n) is 6.64. The largest absolute Gasteiger partial charge is 0.236 e. The van der Waals surface area contributed by atoms with Crippen LogP contribution in [0.5, 0.6) is 0 Å². The van der Waals surface area contributed by atoms with E-state index in [0.717, 1.165) is 6.42 Å². The Kier molecular flexibility index (Phi) is 2.86. The molecule has 0 aromatic rings. The minimum Gasteiger partial charge on any atom is -0.236 e. The standard InChI is InChI=1S/C8H13N3/c1-11(9)10-7-8-5-3-2-4-6-8/h2-5,7-8H,6,9H2,1H3/b10-7+. The first-order valence-electron chi connectivity index (χ1n) is 3.65. The number of hydrogen-bond donors (Lipinski definition) is 1. The van der Waals surface area contributed by atoms with Crippen molar-refractivity contribution >= 4 is 6.21 Å². The van der Waals surface area contributed by atoms with Crippen LogP contribution in [0.25, 0.3) is 0 Å². The van der Waals surface area contributed by atoms with E-state index in [1.54, 1.807) is 7.05 Å². The van der Waals surface area contributed by atoms with Gasteiger partial charge < -0.3 is 0 Å². The van der Waals surface area contributed by atoms with Gasteiger partial charge in [0.25, 0.3) is 0 Å². The molecule has 0 amide bonds. The Morgan fingerprint density at radius 2 is 2.45 bits per heavy atom. The SMILES string of the molecule is CN(N)/N=C/C1C=CC=CC1. The highest BCUT2D eigenvalue weighted by Crippen LogP contribution is 2.08. The van der Waals surface area contributed by atoms with Gasteiger partial charge in [-0.1, -0.05) is 24.3 Å². The van der Waals surface area contributed by atoms with Crippen LogP contribution in [0.2, 0.25) is 0 Å². The molecule has 0 bridgehead atoms. The van der Waals surface area contributed by atoms with Gasteiger partial charge in [-0.15, -0.1) is 0 Å². The molecule has 1 aliphatic rings. The van der Waals surface area contributed by atoms with Crippen LogP contribution in [0, 0.1) is 5.92 Å². The fraction of sp³-hybridized carbons (Fsp3) is 0.375. The van der Waals surface area contributed by atoms with Crippen molar-refractivity contribution in [2.24, 2.45) is 16.9 Å². The number of nitrogens with two attached hydrogens (primary N) is 1. The van der Waals surface area contributed by atoms with E-state index in [0.29, 0.717) is 5.92 Å². The molecular formula is C8H13N3. The summed E-state index contributed by atoms with van der Waals surface area (Å²) in [4.78, 5) is 0. The molecule has 0 radical (unpaired) electrons. The van der Waals surface area contributed by atoms with Crippen molar-refractivity contribution in [1.82, 2.24) is 5.12 Å². The summed E-state index contributed by atoms with van der Waals surface area (Å²) < 4.78 is 0. The fourth-order valence-corrected chi connectivity index (χ4v) is 0.901. The maximum absolute atomic E-state index is 5.30. The van der Waals surface area contributed by atoms with Gasteiger partial charge in [0.1, 0.15) is 0 Å². The molecule has 0 heterocycles. The fourth-order valence-electron chi connectivity index (χ4n) is 0.901. The van der Waals surface area contributed by atoms with Crippen molar-refractivity contribution < 1.29 is 0 Å². The van der Waals surface area contributed by atoms with Crippen molar-refractivity contribution in [2.45, 2.75) is 6.42 Å². The summed E-state index contributed by atoms with van der Waals surface area (Å²) in [5.41, 5.74) is 0. The summed E-state index contributed by atoms with van der Waals surface area (Å²) in [6.07, 6.45) is 11.2. The van der Waals surface area contributed by atoms with Crippen LogP contribution in [0.1, 0.15) is 6.42 Å². The van der Waals surface area contributed by atoms with E-state index in [1.165, 1.54) is 5.12 Å². The number of hydrazone groups is 1. The number of hydrogen-bond acceptors (Lipinski definition) is 3. The number of hydrazine groups is 1. The summed E-state index contributed by atoms with van der Waals surface area (Å²) in [6.45, 7) is 0. The van der Waals surface area contributed by atoms with Gasteiger partial charge in [-0.25, -0.2) is 11.0 Å². The molecule has 1 unspecified atom stereocenters. The van der Waals surface area contributed by atoms with E-state index in [-0.39, 0.29) is 0 Å². The summed E-state index contributed by atoms with van der Waals surface area (Å²) in [5, 5.41) is 5.26. The van der Waals surface area contributed by atoms with Gasteiger partial charge in [-0.2, -0.15) is 5.10 Å². The maximum Gasteiger partial charge on any atom is 0.0419 e. The number of allylic oxidation sites excluding steroid dienone is 4. The average molecular weight is 151 g/mol. The van der Waals surface area contributed by atoms with E-state index < -0.39 is 0 Å². The lowest BCUT2D eigenvalue weighted by Gasteiger charge is -2.08.